The zero-order valence-corrected chi connectivity index (χ0v) is 14.1. The van der Waals surface area contributed by atoms with E-state index in [1.807, 2.05) is 24.3 Å². The Morgan fingerprint density at radius 2 is 2.12 bits per heavy atom. The van der Waals surface area contributed by atoms with Gasteiger partial charge in [-0.2, -0.15) is 0 Å². The maximum Gasteiger partial charge on any atom is 0.305 e. The molecule has 8 heteroatoms. The standard InChI is InChI=1S/C16H14BrN5O2/c17-11-2-1-3-13(15(11)19-7-5-14(23)24)22-16-10-8-18-6-4-12(10)20-9-21-16/h1-4,6,8-9,19H,5,7H2,(H,23,24)(H,20,21,22). The fourth-order valence-electron chi connectivity index (χ4n) is 2.23. The van der Waals surface area contributed by atoms with E-state index in [-0.39, 0.29) is 6.42 Å². The molecule has 0 atom stereocenters. The van der Waals surface area contributed by atoms with Gasteiger partial charge in [0.1, 0.15) is 12.1 Å². The fraction of sp³-hybridized carbons (Fsp3) is 0.125. The lowest BCUT2D eigenvalue weighted by Gasteiger charge is -2.15. The molecule has 3 aromatic rings. The van der Waals surface area contributed by atoms with Crippen molar-refractivity contribution in [3.63, 3.8) is 0 Å². The Kier molecular flexibility index (Phi) is 4.85. The quantitative estimate of drug-likeness (QED) is 0.595. The predicted molar refractivity (Wildman–Crippen MR) is 95.5 cm³/mol. The first-order chi connectivity index (χ1) is 11.6. The van der Waals surface area contributed by atoms with Gasteiger partial charge < -0.3 is 15.7 Å². The first-order valence-electron chi connectivity index (χ1n) is 7.21. The van der Waals surface area contributed by atoms with Crippen molar-refractivity contribution in [3.05, 3.63) is 47.5 Å². The molecule has 0 spiro atoms. The Balaban J connectivity index is 1.91. The summed E-state index contributed by atoms with van der Waals surface area (Å²) < 4.78 is 0.828. The Morgan fingerprint density at radius 3 is 2.96 bits per heavy atom. The molecule has 0 unspecified atom stereocenters. The molecular weight excluding hydrogens is 374 g/mol. The predicted octanol–water partition coefficient (Wildman–Crippen LogP) is 3.42. The van der Waals surface area contributed by atoms with Crippen LogP contribution in [0.2, 0.25) is 0 Å². The van der Waals surface area contributed by atoms with E-state index >= 15 is 0 Å². The zero-order chi connectivity index (χ0) is 16.9. The van der Waals surface area contributed by atoms with Crippen molar-refractivity contribution < 1.29 is 9.90 Å². The molecule has 2 aromatic heterocycles. The summed E-state index contributed by atoms with van der Waals surface area (Å²) in [6, 6.07) is 7.47. The van der Waals surface area contributed by atoms with Crippen LogP contribution in [0.5, 0.6) is 0 Å². The number of benzene rings is 1. The van der Waals surface area contributed by atoms with Gasteiger partial charge in [-0.25, -0.2) is 9.97 Å². The molecule has 122 valence electrons. The number of fused-ring (bicyclic) bond motifs is 1. The third kappa shape index (κ3) is 3.60. The normalized spacial score (nSPS) is 10.5. The Hall–Kier alpha value is -2.74. The third-order valence-electron chi connectivity index (χ3n) is 3.34. The third-order valence-corrected chi connectivity index (χ3v) is 4.00. The van der Waals surface area contributed by atoms with Gasteiger partial charge in [0.05, 0.1) is 28.7 Å². The maximum atomic E-state index is 10.7. The molecule has 0 saturated heterocycles. The van der Waals surface area contributed by atoms with E-state index in [0.29, 0.717) is 12.4 Å². The monoisotopic (exact) mass is 387 g/mol. The van der Waals surface area contributed by atoms with Crippen molar-refractivity contribution in [1.82, 2.24) is 15.0 Å². The number of nitrogens with zero attached hydrogens (tertiary/aromatic N) is 3. The average molecular weight is 388 g/mol. The SMILES string of the molecule is O=C(O)CCNc1c(Br)cccc1Nc1ncnc2ccncc12. The van der Waals surface area contributed by atoms with Crippen molar-refractivity contribution in [1.29, 1.82) is 0 Å². The highest BCUT2D eigenvalue weighted by Crippen LogP contribution is 2.33. The second-order valence-corrected chi connectivity index (χ2v) is 5.83. The largest absolute Gasteiger partial charge is 0.481 e. The van der Waals surface area contributed by atoms with Crippen molar-refractivity contribution in [2.45, 2.75) is 6.42 Å². The second-order valence-electron chi connectivity index (χ2n) is 4.97. The van der Waals surface area contributed by atoms with Crippen LogP contribution in [-0.4, -0.2) is 32.6 Å². The number of pyridine rings is 1. The average Bonchev–Trinajstić information content (AvgIpc) is 2.57. The summed E-state index contributed by atoms with van der Waals surface area (Å²) in [4.78, 5) is 23.3. The molecule has 1 aromatic carbocycles. The van der Waals surface area contributed by atoms with Gasteiger partial charge in [0.2, 0.25) is 0 Å². The molecule has 2 heterocycles. The molecule has 0 radical (unpaired) electrons. The molecular formula is C16H14BrN5O2. The molecule has 7 nitrogen and oxygen atoms in total. The van der Waals surface area contributed by atoms with Crippen LogP contribution in [0, 0.1) is 0 Å². The Bertz CT molecular complexity index is 882. The number of hydrogen-bond acceptors (Lipinski definition) is 6. The number of carboxylic acids is 1. The number of rotatable bonds is 6. The highest BCUT2D eigenvalue weighted by atomic mass is 79.9. The van der Waals surface area contributed by atoms with E-state index in [9.17, 15) is 4.79 Å². The number of aliphatic carboxylic acids is 1. The van der Waals surface area contributed by atoms with Gasteiger partial charge in [0, 0.05) is 23.4 Å². The summed E-state index contributed by atoms with van der Waals surface area (Å²) in [5.74, 6) is -0.218. The highest BCUT2D eigenvalue weighted by Gasteiger charge is 2.10. The van der Waals surface area contributed by atoms with E-state index in [1.165, 1.54) is 6.33 Å². The first-order valence-corrected chi connectivity index (χ1v) is 8.00. The van der Waals surface area contributed by atoms with Gasteiger partial charge in [-0.3, -0.25) is 9.78 Å². The zero-order valence-electron chi connectivity index (χ0n) is 12.5. The van der Waals surface area contributed by atoms with Gasteiger partial charge >= 0.3 is 5.97 Å². The van der Waals surface area contributed by atoms with E-state index in [2.05, 4.69) is 41.5 Å². The number of anilines is 3. The molecule has 0 aliphatic carbocycles. The summed E-state index contributed by atoms with van der Waals surface area (Å²) in [5, 5.41) is 16.0. The van der Waals surface area contributed by atoms with Crippen LogP contribution in [-0.2, 0) is 4.79 Å². The van der Waals surface area contributed by atoms with Crippen LogP contribution < -0.4 is 10.6 Å². The van der Waals surface area contributed by atoms with Crippen LogP contribution in [0.1, 0.15) is 6.42 Å². The lowest BCUT2D eigenvalue weighted by atomic mass is 10.2. The summed E-state index contributed by atoms with van der Waals surface area (Å²) in [7, 11) is 0. The van der Waals surface area contributed by atoms with Crippen LogP contribution in [0.4, 0.5) is 17.2 Å². The van der Waals surface area contributed by atoms with Gasteiger partial charge in [0.15, 0.2) is 0 Å². The van der Waals surface area contributed by atoms with Crippen LogP contribution in [0.15, 0.2) is 47.5 Å². The number of para-hydroxylation sites is 1. The van der Waals surface area contributed by atoms with Crippen molar-refractivity contribution in [3.8, 4) is 0 Å². The maximum absolute atomic E-state index is 10.7. The molecule has 0 bridgehead atoms. The Labute approximate surface area is 146 Å². The van der Waals surface area contributed by atoms with Crippen molar-refractivity contribution >= 4 is 50.0 Å². The molecule has 3 N–H and O–H groups in total. The minimum Gasteiger partial charge on any atom is -0.481 e. The van der Waals surface area contributed by atoms with E-state index in [0.717, 1.165) is 26.8 Å². The lowest BCUT2D eigenvalue weighted by molar-refractivity contribution is -0.136. The minimum atomic E-state index is -0.850. The summed E-state index contributed by atoms with van der Waals surface area (Å²) in [5.41, 5.74) is 2.34. The molecule has 0 fully saturated rings. The van der Waals surface area contributed by atoms with Gasteiger partial charge in [0.25, 0.3) is 0 Å². The van der Waals surface area contributed by atoms with Crippen LogP contribution in [0.3, 0.4) is 0 Å². The number of carboxylic acid groups (broad SMARTS) is 1. The Morgan fingerprint density at radius 1 is 1.25 bits per heavy atom. The topological polar surface area (TPSA) is 100 Å². The molecule has 0 saturated carbocycles. The number of carbonyl (C=O) groups is 1. The molecule has 24 heavy (non-hydrogen) atoms. The molecule has 0 aliphatic rings. The van der Waals surface area contributed by atoms with Crippen molar-refractivity contribution in [2.24, 2.45) is 0 Å². The molecule has 3 rings (SSSR count). The number of nitrogens with one attached hydrogen (secondary N) is 2. The van der Waals surface area contributed by atoms with E-state index < -0.39 is 5.97 Å². The number of hydrogen-bond donors (Lipinski definition) is 3. The number of aromatic nitrogens is 3. The van der Waals surface area contributed by atoms with Gasteiger partial charge in [-0.1, -0.05) is 6.07 Å². The van der Waals surface area contributed by atoms with Crippen LogP contribution in [0.25, 0.3) is 10.9 Å². The molecule has 0 aliphatic heterocycles. The van der Waals surface area contributed by atoms with Crippen molar-refractivity contribution in [2.75, 3.05) is 17.2 Å². The van der Waals surface area contributed by atoms with Crippen LogP contribution >= 0.6 is 15.9 Å². The summed E-state index contributed by atoms with van der Waals surface area (Å²) in [6.07, 6.45) is 4.89. The van der Waals surface area contributed by atoms with Gasteiger partial charge in [-0.15, -0.1) is 0 Å². The van der Waals surface area contributed by atoms with E-state index in [1.54, 1.807) is 12.4 Å². The highest BCUT2D eigenvalue weighted by molar-refractivity contribution is 9.10. The first kappa shape index (κ1) is 16.1. The summed E-state index contributed by atoms with van der Waals surface area (Å²) >= 11 is 3.48. The minimum absolute atomic E-state index is 0.0289. The summed E-state index contributed by atoms with van der Waals surface area (Å²) in [6.45, 7) is 0.318. The second kappa shape index (κ2) is 7.22. The van der Waals surface area contributed by atoms with Gasteiger partial charge in [-0.05, 0) is 34.1 Å². The lowest BCUT2D eigenvalue weighted by Crippen LogP contribution is -2.09. The smallest absolute Gasteiger partial charge is 0.305 e. The van der Waals surface area contributed by atoms with E-state index in [4.69, 9.17) is 5.11 Å². The number of halogens is 1. The molecule has 0 amide bonds. The fourth-order valence-corrected chi connectivity index (χ4v) is 2.74.